The summed E-state index contributed by atoms with van der Waals surface area (Å²) < 4.78 is 6.04. The molecule has 3 aliphatic rings. The average Bonchev–Trinajstić information content (AvgIpc) is 3.59. The van der Waals surface area contributed by atoms with E-state index in [4.69, 9.17) is 4.74 Å². The molecule has 0 radical (unpaired) electrons. The van der Waals surface area contributed by atoms with Crippen LogP contribution in [0.5, 0.6) is 0 Å². The van der Waals surface area contributed by atoms with Crippen molar-refractivity contribution in [2.75, 3.05) is 6.61 Å². The first kappa shape index (κ1) is 25.1. The maximum absolute atomic E-state index is 13.4. The number of carbonyl (C=O) groups is 5. The number of benzene rings is 2. The van der Waals surface area contributed by atoms with E-state index in [9.17, 15) is 24.0 Å². The molecule has 4 amide bonds. The number of esters is 1. The SMILES string of the molecule is O=C(COC(=O)[C@H](Cc1ccccc1)N1C(=O)[C@H]2[C@H]3CC[C@@H](C3)[C@@H]2C1=O)NNC(=O)c1ccc(Br)cc1. The number of fused-ring (bicyclic) bond motifs is 5. The second-order valence-electron chi connectivity index (χ2n) is 9.75. The van der Waals surface area contributed by atoms with Crippen LogP contribution in [0.2, 0.25) is 0 Å². The zero-order valence-corrected chi connectivity index (χ0v) is 21.5. The Bertz CT molecular complexity index is 1210. The average molecular weight is 568 g/mol. The summed E-state index contributed by atoms with van der Waals surface area (Å²) in [5.41, 5.74) is 5.55. The van der Waals surface area contributed by atoms with Crippen LogP contribution < -0.4 is 10.9 Å². The second-order valence-corrected chi connectivity index (χ2v) is 10.7. The fourth-order valence-electron chi connectivity index (χ4n) is 5.93. The van der Waals surface area contributed by atoms with Crippen molar-refractivity contribution in [3.8, 4) is 0 Å². The lowest BCUT2D eigenvalue weighted by Gasteiger charge is -2.26. The lowest BCUT2D eigenvalue weighted by molar-refractivity contribution is -0.160. The van der Waals surface area contributed by atoms with Crippen molar-refractivity contribution < 1.29 is 28.7 Å². The van der Waals surface area contributed by atoms with Crippen molar-refractivity contribution in [2.24, 2.45) is 23.7 Å². The van der Waals surface area contributed by atoms with Crippen LogP contribution in [-0.2, 0) is 30.3 Å². The number of nitrogens with zero attached hydrogens (tertiary/aromatic N) is 1. The molecule has 1 saturated heterocycles. The van der Waals surface area contributed by atoms with E-state index >= 15 is 0 Å². The van der Waals surface area contributed by atoms with E-state index in [0.717, 1.165) is 34.2 Å². The molecule has 1 heterocycles. The molecule has 2 N–H and O–H groups in total. The first-order valence-corrected chi connectivity index (χ1v) is 13.0. The van der Waals surface area contributed by atoms with Crippen LogP contribution in [0.3, 0.4) is 0 Å². The molecule has 3 fully saturated rings. The third-order valence-electron chi connectivity index (χ3n) is 7.58. The van der Waals surface area contributed by atoms with Crippen LogP contribution in [0.4, 0.5) is 0 Å². The zero-order chi connectivity index (χ0) is 26.1. The molecule has 37 heavy (non-hydrogen) atoms. The Morgan fingerprint density at radius 2 is 1.54 bits per heavy atom. The summed E-state index contributed by atoms with van der Waals surface area (Å²) >= 11 is 3.28. The minimum absolute atomic E-state index is 0.0911. The topological polar surface area (TPSA) is 122 Å². The number of hydrazine groups is 1. The van der Waals surface area contributed by atoms with Crippen LogP contribution in [0, 0.1) is 23.7 Å². The molecular weight excluding hydrogens is 542 g/mol. The van der Waals surface area contributed by atoms with Gasteiger partial charge in [0.1, 0.15) is 6.04 Å². The Kier molecular flexibility index (Phi) is 7.10. The Morgan fingerprint density at radius 1 is 0.919 bits per heavy atom. The number of halogens is 1. The highest BCUT2D eigenvalue weighted by atomic mass is 79.9. The van der Waals surface area contributed by atoms with Gasteiger partial charge in [-0.25, -0.2) is 4.79 Å². The number of likely N-dealkylation sites (tertiary alicyclic amines) is 1. The van der Waals surface area contributed by atoms with E-state index in [1.807, 2.05) is 18.2 Å². The van der Waals surface area contributed by atoms with E-state index in [1.54, 1.807) is 36.4 Å². The highest BCUT2D eigenvalue weighted by Gasteiger charge is 2.62. The summed E-state index contributed by atoms with van der Waals surface area (Å²) in [4.78, 5) is 65.4. The number of ether oxygens (including phenoxy) is 1. The van der Waals surface area contributed by atoms with E-state index in [2.05, 4.69) is 26.8 Å². The highest BCUT2D eigenvalue weighted by molar-refractivity contribution is 9.10. The standard InChI is InChI=1S/C27H26BrN3O6/c28-19-10-8-16(9-11-19)24(33)30-29-21(32)14-37-27(36)20(12-15-4-2-1-3-5-15)31-25(34)22-17-6-7-18(13-17)23(22)26(31)35/h1-5,8-11,17-18,20,22-23H,6-7,12-14H2,(H,29,32)(H,30,33)/t17-,18-,20-,22-,23-/m0/s1. The Hall–Kier alpha value is -3.53. The van der Waals surface area contributed by atoms with E-state index in [-0.39, 0.29) is 41.9 Å². The van der Waals surface area contributed by atoms with Gasteiger partial charge in [-0.05, 0) is 60.9 Å². The molecule has 2 aromatic carbocycles. The van der Waals surface area contributed by atoms with Crippen molar-refractivity contribution in [3.05, 3.63) is 70.2 Å². The molecule has 2 bridgehead atoms. The first-order valence-electron chi connectivity index (χ1n) is 12.3. The summed E-state index contributed by atoms with van der Waals surface area (Å²) in [6, 6.07) is 14.4. The predicted octanol–water partition coefficient (Wildman–Crippen LogP) is 2.40. The quantitative estimate of drug-likeness (QED) is 0.301. The van der Waals surface area contributed by atoms with Crippen LogP contribution in [-0.4, -0.2) is 47.1 Å². The van der Waals surface area contributed by atoms with Gasteiger partial charge in [0.15, 0.2) is 6.61 Å². The molecule has 0 spiro atoms. The van der Waals surface area contributed by atoms with Gasteiger partial charge in [0.25, 0.3) is 11.8 Å². The van der Waals surface area contributed by atoms with Gasteiger partial charge in [0.2, 0.25) is 11.8 Å². The van der Waals surface area contributed by atoms with E-state index in [0.29, 0.717) is 5.56 Å². The maximum Gasteiger partial charge on any atom is 0.330 e. The van der Waals surface area contributed by atoms with Gasteiger partial charge in [0, 0.05) is 16.5 Å². The Balaban J connectivity index is 1.24. The van der Waals surface area contributed by atoms with Crippen molar-refractivity contribution in [1.29, 1.82) is 0 Å². The molecule has 2 aromatic rings. The molecule has 10 heteroatoms. The number of nitrogens with one attached hydrogen (secondary N) is 2. The third-order valence-corrected chi connectivity index (χ3v) is 8.11. The van der Waals surface area contributed by atoms with Crippen molar-refractivity contribution in [1.82, 2.24) is 15.8 Å². The molecule has 9 nitrogen and oxygen atoms in total. The minimum Gasteiger partial charge on any atom is -0.454 e. The predicted molar refractivity (Wildman–Crippen MR) is 134 cm³/mol. The first-order chi connectivity index (χ1) is 17.8. The number of hydrogen-bond donors (Lipinski definition) is 2. The van der Waals surface area contributed by atoms with Gasteiger partial charge in [-0.2, -0.15) is 0 Å². The molecular formula is C27H26BrN3O6. The second kappa shape index (κ2) is 10.5. The fourth-order valence-corrected chi connectivity index (χ4v) is 6.19. The van der Waals surface area contributed by atoms with Crippen molar-refractivity contribution >= 4 is 45.5 Å². The monoisotopic (exact) mass is 567 g/mol. The Morgan fingerprint density at radius 3 is 2.16 bits per heavy atom. The van der Waals surface area contributed by atoms with Gasteiger partial charge in [-0.3, -0.25) is 34.9 Å². The number of rotatable bonds is 7. The van der Waals surface area contributed by atoms with Crippen molar-refractivity contribution in [3.63, 3.8) is 0 Å². The molecule has 5 rings (SSSR count). The number of imide groups is 1. The van der Waals surface area contributed by atoms with Gasteiger partial charge >= 0.3 is 5.97 Å². The van der Waals surface area contributed by atoms with Gasteiger partial charge in [-0.1, -0.05) is 46.3 Å². The molecule has 5 atom stereocenters. The lowest BCUT2D eigenvalue weighted by Crippen LogP contribution is -2.49. The van der Waals surface area contributed by atoms with E-state index in [1.165, 1.54) is 0 Å². The number of carbonyl (C=O) groups excluding carboxylic acids is 5. The molecule has 192 valence electrons. The Labute approximate surface area is 222 Å². The summed E-state index contributed by atoms with van der Waals surface area (Å²) in [6.45, 7) is -0.681. The molecule has 0 aromatic heterocycles. The largest absolute Gasteiger partial charge is 0.454 e. The smallest absolute Gasteiger partial charge is 0.330 e. The summed E-state index contributed by atoms with van der Waals surface area (Å²) in [6.07, 6.45) is 2.84. The van der Waals surface area contributed by atoms with Crippen LogP contribution in [0.1, 0.15) is 35.2 Å². The van der Waals surface area contributed by atoms with Gasteiger partial charge in [-0.15, -0.1) is 0 Å². The molecule has 1 aliphatic heterocycles. The molecule has 2 aliphatic carbocycles. The minimum atomic E-state index is -1.17. The van der Waals surface area contributed by atoms with Crippen LogP contribution in [0.25, 0.3) is 0 Å². The van der Waals surface area contributed by atoms with Gasteiger partial charge < -0.3 is 4.74 Å². The maximum atomic E-state index is 13.4. The third kappa shape index (κ3) is 5.02. The normalized spacial score (nSPS) is 24.5. The van der Waals surface area contributed by atoms with Crippen molar-refractivity contribution in [2.45, 2.75) is 31.7 Å². The summed E-state index contributed by atoms with van der Waals surface area (Å²) in [5.74, 6) is -3.13. The van der Waals surface area contributed by atoms with Gasteiger partial charge in [0.05, 0.1) is 11.8 Å². The summed E-state index contributed by atoms with van der Waals surface area (Å²) in [7, 11) is 0. The number of amides is 4. The van der Waals surface area contributed by atoms with Crippen LogP contribution in [0.15, 0.2) is 59.1 Å². The van der Waals surface area contributed by atoms with Crippen LogP contribution >= 0.6 is 15.9 Å². The highest BCUT2D eigenvalue weighted by Crippen LogP contribution is 2.56. The molecule has 2 saturated carbocycles. The zero-order valence-electron chi connectivity index (χ0n) is 19.9. The lowest BCUT2D eigenvalue weighted by atomic mass is 9.81. The molecule has 0 unspecified atom stereocenters. The summed E-state index contributed by atoms with van der Waals surface area (Å²) in [5, 5.41) is 0. The fraction of sp³-hybridized carbons (Fsp3) is 0.370. The number of hydrogen-bond acceptors (Lipinski definition) is 6. The van der Waals surface area contributed by atoms with E-state index < -0.39 is 30.4 Å².